The van der Waals surface area contributed by atoms with Gasteiger partial charge >= 0.3 is 0 Å². The van der Waals surface area contributed by atoms with Crippen LogP contribution in [0.5, 0.6) is 0 Å². The molecule has 0 radical (unpaired) electrons. The number of carbonyl (C=O) groups excluding carboxylic acids is 1. The topological polar surface area (TPSA) is 83.5 Å². The van der Waals surface area contributed by atoms with Crippen molar-refractivity contribution >= 4 is 50.5 Å². The summed E-state index contributed by atoms with van der Waals surface area (Å²) in [7, 11) is 0. The van der Waals surface area contributed by atoms with Gasteiger partial charge in [-0.1, -0.05) is 18.2 Å². The monoisotopic (exact) mass is 483 g/mol. The average Bonchev–Trinajstić information content (AvgIpc) is 3.10. The molecule has 0 bridgehead atoms. The van der Waals surface area contributed by atoms with Gasteiger partial charge in [-0.05, 0) is 60.5 Å². The van der Waals surface area contributed by atoms with E-state index in [2.05, 4.69) is 31.5 Å². The van der Waals surface area contributed by atoms with Crippen molar-refractivity contribution in [1.82, 2.24) is 15.6 Å². The molecule has 1 fully saturated rings. The third-order valence-electron chi connectivity index (χ3n) is 4.80. The zero-order chi connectivity index (χ0) is 20.4. The molecule has 1 amide bonds. The molecule has 1 aliphatic heterocycles. The van der Waals surface area contributed by atoms with Crippen LogP contribution in [0.15, 0.2) is 40.3 Å². The van der Waals surface area contributed by atoms with Gasteiger partial charge in [-0.25, -0.2) is 4.98 Å². The van der Waals surface area contributed by atoms with Crippen LogP contribution in [0, 0.1) is 5.92 Å². The van der Waals surface area contributed by atoms with Crippen LogP contribution in [0.3, 0.4) is 0 Å². The lowest BCUT2D eigenvalue weighted by molar-refractivity contribution is -0.129. The quantitative estimate of drug-likeness (QED) is 0.579. The Morgan fingerprint density at radius 1 is 1.43 bits per heavy atom. The van der Waals surface area contributed by atoms with E-state index in [-0.39, 0.29) is 35.8 Å². The van der Waals surface area contributed by atoms with Crippen molar-refractivity contribution in [3.05, 3.63) is 50.9 Å². The number of aromatic nitrogens is 1. The van der Waals surface area contributed by atoms with E-state index in [0.29, 0.717) is 16.6 Å². The predicted octanol–water partition coefficient (Wildman–Crippen LogP) is 3.21. The molecule has 3 N–H and O–H groups in total. The number of nitrogens with zero attached hydrogens (tertiary/aromatic N) is 1. The van der Waals surface area contributed by atoms with Crippen molar-refractivity contribution in [2.75, 3.05) is 13.2 Å². The third kappa shape index (κ3) is 4.60. The second-order valence-electron chi connectivity index (χ2n) is 7.35. The van der Waals surface area contributed by atoms with E-state index in [9.17, 15) is 9.90 Å². The van der Waals surface area contributed by atoms with Crippen molar-refractivity contribution in [3.8, 4) is 0 Å². The number of ether oxygens (including phenoxy) is 1. The molecule has 3 rings (SSSR count). The van der Waals surface area contributed by atoms with E-state index in [4.69, 9.17) is 17.0 Å². The Morgan fingerprint density at radius 2 is 2.14 bits per heavy atom. The molecule has 1 aliphatic rings. The summed E-state index contributed by atoms with van der Waals surface area (Å²) in [6, 6.07) is 8.86. The van der Waals surface area contributed by atoms with Gasteiger partial charge < -0.3 is 15.2 Å². The van der Waals surface area contributed by atoms with Gasteiger partial charge in [0.05, 0.1) is 12.2 Å². The Morgan fingerprint density at radius 3 is 2.75 bits per heavy atom. The van der Waals surface area contributed by atoms with Gasteiger partial charge in [0.2, 0.25) is 0 Å². The normalized spacial score (nSPS) is 23.8. The third-order valence-corrected chi connectivity index (χ3v) is 6.74. The number of thiazole rings is 1. The van der Waals surface area contributed by atoms with Gasteiger partial charge in [-0.3, -0.25) is 10.1 Å². The number of nitrogens with one attached hydrogen (secondary N) is 2. The first kappa shape index (κ1) is 21.3. The Labute approximate surface area is 181 Å². The number of aliphatic hydroxyl groups excluding tert-OH is 1. The van der Waals surface area contributed by atoms with E-state index in [1.54, 1.807) is 24.3 Å². The van der Waals surface area contributed by atoms with Crippen LogP contribution in [-0.4, -0.2) is 39.9 Å². The van der Waals surface area contributed by atoms with E-state index in [0.717, 1.165) is 5.01 Å². The molecule has 28 heavy (non-hydrogen) atoms. The highest BCUT2D eigenvalue weighted by molar-refractivity contribution is 9.10. The Balaban J connectivity index is 1.86. The van der Waals surface area contributed by atoms with Crippen molar-refractivity contribution in [3.63, 3.8) is 0 Å². The van der Waals surface area contributed by atoms with Crippen molar-refractivity contribution < 1.29 is 14.6 Å². The Hall–Kier alpha value is -1.39. The Bertz CT molecular complexity index is 859. The number of hydrogen-bond donors (Lipinski definition) is 3. The lowest BCUT2D eigenvalue weighted by Gasteiger charge is -2.48. The van der Waals surface area contributed by atoms with Crippen LogP contribution < -0.4 is 10.6 Å². The molecule has 2 atom stereocenters. The fourth-order valence-corrected chi connectivity index (χ4v) is 5.11. The highest BCUT2D eigenvalue weighted by Gasteiger charge is 2.50. The first-order valence-corrected chi connectivity index (χ1v) is 10.9. The second kappa shape index (κ2) is 8.54. The number of aliphatic hydroxyl groups is 1. The van der Waals surface area contributed by atoms with Crippen LogP contribution >= 0.6 is 39.5 Å². The van der Waals surface area contributed by atoms with Crippen LogP contribution in [0.2, 0.25) is 0 Å². The second-order valence-corrected chi connectivity index (χ2v) is 9.43. The molecule has 0 saturated carbocycles. The molecular weight excluding hydrogens is 462 g/mol. The standard InChI is InChI=1S/C19H22BrN3O3S2/c1-18(2)8-13(9-24)19(11-26-18,16-21-14(20)10-28-16)23-17(27)22-15(25)12-6-4-3-5-7-12/h3-7,10,13,24H,8-9,11H2,1-2H3,(H2,22,23,25,27)/t13-,19-/m0/s1. The van der Waals surface area contributed by atoms with Crippen LogP contribution in [0.4, 0.5) is 0 Å². The minimum absolute atomic E-state index is 0.0633. The van der Waals surface area contributed by atoms with Crippen molar-refractivity contribution in [2.45, 2.75) is 31.4 Å². The zero-order valence-electron chi connectivity index (χ0n) is 15.6. The number of amides is 1. The SMILES string of the molecule is CC1(C)C[C@@H](CO)[C@](NC(=S)NC(=O)c2ccccc2)(c2nc(Br)cs2)CO1. The lowest BCUT2D eigenvalue weighted by atomic mass is 9.76. The largest absolute Gasteiger partial charge is 0.396 e. The maximum Gasteiger partial charge on any atom is 0.257 e. The van der Waals surface area contributed by atoms with E-state index >= 15 is 0 Å². The molecule has 0 spiro atoms. The number of rotatable bonds is 4. The van der Waals surface area contributed by atoms with Crippen molar-refractivity contribution in [1.29, 1.82) is 0 Å². The fourth-order valence-electron chi connectivity index (χ4n) is 3.36. The lowest BCUT2D eigenvalue weighted by Crippen LogP contribution is -2.62. The number of benzene rings is 1. The molecule has 150 valence electrons. The molecule has 6 nitrogen and oxygen atoms in total. The molecule has 1 saturated heterocycles. The zero-order valence-corrected chi connectivity index (χ0v) is 18.8. The molecule has 0 unspecified atom stereocenters. The first-order valence-electron chi connectivity index (χ1n) is 8.80. The maximum atomic E-state index is 12.5. The smallest absolute Gasteiger partial charge is 0.257 e. The Kier molecular flexibility index (Phi) is 6.51. The summed E-state index contributed by atoms with van der Waals surface area (Å²) < 4.78 is 6.78. The molecule has 0 aliphatic carbocycles. The molecule has 2 heterocycles. The summed E-state index contributed by atoms with van der Waals surface area (Å²) in [4.78, 5) is 17.0. The van der Waals surface area contributed by atoms with Gasteiger partial charge in [-0.2, -0.15) is 0 Å². The fraction of sp³-hybridized carbons (Fsp3) is 0.421. The molecule has 2 aromatic rings. The predicted molar refractivity (Wildman–Crippen MR) is 116 cm³/mol. The van der Waals surface area contributed by atoms with Gasteiger partial charge in [-0.15, -0.1) is 11.3 Å². The summed E-state index contributed by atoms with van der Waals surface area (Å²) in [5.74, 6) is -0.493. The average molecular weight is 484 g/mol. The van der Waals surface area contributed by atoms with Gasteiger partial charge in [0, 0.05) is 23.5 Å². The molecular formula is C19H22BrN3O3S2. The van der Waals surface area contributed by atoms with Crippen LogP contribution in [-0.2, 0) is 10.3 Å². The first-order chi connectivity index (χ1) is 13.3. The van der Waals surface area contributed by atoms with E-state index in [1.165, 1.54) is 11.3 Å². The minimum atomic E-state index is -0.831. The van der Waals surface area contributed by atoms with Crippen LogP contribution in [0.25, 0.3) is 0 Å². The molecule has 1 aromatic heterocycles. The summed E-state index contributed by atoms with van der Waals surface area (Å²) in [6.07, 6.45) is 0.614. The van der Waals surface area contributed by atoms with E-state index in [1.807, 2.05) is 25.3 Å². The van der Waals surface area contributed by atoms with Gasteiger partial charge in [0.25, 0.3) is 5.91 Å². The number of carbonyl (C=O) groups is 1. The van der Waals surface area contributed by atoms with Crippen molar-refractivity contribution in [2.24, 2.45) is 5.92 Å². The number of halogens is 1. The summed E-state index contributed by atoms with van der Waals surface area (Å²) >= 11 is 10.3. The number of hydrogen-bond acceptors (Lipinski definition) is 6. The molecule has 1 aromatic carbocycles. The molecule has 9 heteroatoms. The number of thiocarbonyl (C=S) groups is 1. The maximum absolute atomic E-state index is 12.5. The highest BCUT2D eigenvalue weighted by atomic mass is 79.9. The van der Waals surface area contributed by atoms with Crippen LogP contribution in [0.1, 0.15) is 35.6 Å². The summed E-state index contributed by atoms with van der Waals surface area (Å²) in [5.41, 5.74) is -0.693. The highest BCUT2D eigenvalue weighted by Crippen LogP contribution is 2.43. The van der Waals surface area contributed by atoms with E-state index < -0.39 is 5.54 Å². The van der Waals surface area contributed by atoms with Gasteiger partial charge in [0.1, 0.15) is 15.1 Å². The summed E-state index contributed by atoms with van der Waals surface area (Å²) in [5, 5.41) is 18.9. The summed E-state index contributed by atoms with van der Waals surface area (Å²) in [6.45, 7) is 4.19. The minimum Gasteiger partial charge on any atom is -0.396 e. The van der Waals surface area contributed by atoms with Gasteiger partial charge in [0.15, 0.2) is 5.11 Å².